The molecule has 0 aliphatic carbocycles. The molecule has 0 saturated heterocycles. The van der Waals surface area contributed by atoms with Crippen LogP contribution in [-0.4, -0.2) is 33.0 Å². The van der Waals surface area contributed by atoms with Crippen LogP contribution in [0.1, 0.15) is 6.92 Å². The summed E-state index contributed by atoms with van der Waals surface area (Å²) in [6, 6.07) is 0. The summed E-state index contributed by atoms with van der Waals surface area (Å²) in [5, 5.41) is 0. The van der Waals surface area contributed by atoms with Gasteiger partial charge in [-0.15, -0.1) is 0 Å². The van der Waals surface area contributed by atoms with Crippen LogP contribution in [0.5, 0.6) is 0 Å². The molecule has 0 fully saturated rings. The summed E-state index contributed by atoms with van der Waals surface area (Å²) in [4.78, 5) is 13.3. The number of amides is 1. The van der Waals surface area contributed by atoms with Gasteiger partial charge in [0.05, 0.1) is 0 Å². The average molecular weight is 178 g/mol. The van der Waals surface area contributed by atoms with Gasteiger partial charge in [0.15, 0.2) is 0 Å². The molecule has 0 saturated carbocycles. The molecule has 44 valence electrons. The molecule has 1 amide bonds. The summed E-state index contributed by atoms with van der Waals surface area (Å²) in [5.74, 6) is 0. The Morgan fingerprint density at radius 2 is 2.62 bits per heavy atom. The van der Waals surface area contributed by atoms with Crippen LogP contribution in [0, 0.1) is 0 Å². The molecule has 0 spiro atoms. The summed E-state index contributed by atoms with van der Waals surface area (Å²) in [6.07, 6.45) is -0.605. The maximum absolute atomic E-state index is 10.2. The quantitative estimate of drug-likeness (QED) is 0.425. The third-order valence-electron chi connectivity index (χ3n) is 0.405. The molecule has 0 heterocycles. The molecule has 0 rings (SSSR count). The Kier molecular flexibility index (Phi) is 4.47. The maximum atomic E-state index is 10.2. The first-order valence-electron chi connectivity index (χ1n) is 2.06. The Morgan fingerprint density at radius 1 is 2.00 bits per heavy atom. The Labute approximate surface area is 55.1 Å². The SMILES string of the molecule is CCOC(=O)N=C=[Se]. The van der Waals surface area contributed by atoms with Gasteiger partial charge in [0.2, 0.25) is 0 Å². The van der Waals surface area contributed by atoms with Gasteiger partial charge in [-0.25, -0.2) is 0 Å². The number of carbonyl (C=O) groups excluding carboxylic acids is 1. The topological polar surface area (TPSA) is 38.7 Å². The summed E-state index contributed by atoms with van der Waals surface area (Å²) in [6.45, 7) is 2.07. The van der Waals surface area contributed by atoms with Crippen LogP contribution in [-0.2, 0) is 4.74 Å². The van der Waals surface area contributed by atoms with E-state index < -0.39 is 6.09 Å². The normalized spacial score (nSPS) is 7.12. The van der Waals surface area contributed by atoms with E-state index in [1.165, 1.54) is 0 Å². The third kappa shape index (κ3) is 3.75. The number of ether oxygens (including phenoxy) is 1. The van der Waals surface area contributed by atoms with Gasteiger partial charge in [0.25, 0.3) is 0 Å². The molecular weight excluding hydrogens is 173 g/mol. The van der Waals surface area contributed by atoms with Crippen molar-refractivity contribution in [1.29, 1.82) is 0 Å². The zero-order chi connectivity index (χ0) is 6.41. The summed E-state index contributed by atoms with van der Waals surface area (Å²) in [7, 11) is 0. The molecule has 0 aliphatic heterocycles. The van der Waals surface area contributed by atoms with Crippen LogP contribution in [0.25, 0.3) is 0 Å². The number of nitrogens with zero attached hydrogens (tertiary/aromatic N) is 1. The first-order valence-corrected chi connectivity index (χ1v) is 2.91. The molecule has 0 atom stereocenters. The van der Waals surface area contributed by atoms with E-state index in [-0.39, 0.29) is 0 Å². The van der Waals surface area contributed by atoms with Crippen molar-refractivity contribution in [2.45, 2.75) is 6.92 Å². The van der Waals surface area contributed by atoms with Crippen LogP contribution in [0.3, 0.4) is 0 Å². The van der Waals surface area contributed by atoms with Gasteiger partial charge in [-0.3, -0.25) is 0 Å². The standard InChI is InChI=1S/C4H5NO2Se/c1-2-7-4(6)5-3-8/h2H2,1H3. The predicted octanol–water partition coefficient (Wildman–Crippen LogP) is 0.217. The van der Waals surface area contributed by atoms with Crippen molar-refractivity contribution >= 4 is 26.4 Å². The molecule has 0 bridgehead atoms. The van der Waals surface area contributed by atoms with E-state index in [4.69, 9.17) is 0 Å². The van der Waals surface area contributed by atoms with Crippen LogP contribution >= 0.6 is 0 Å². The van der Waals surface area contributed by atoms with Crippen molar-refractivity contribution in [2.24, 2.45) is 4.99 Å². The Hall–Kier alpha value is -0.431. The Morgan fingerprint density at radius 3 is 3.00 bits per heavy atom. The molecule has 0 N–H and O–H groups in total. The zero-order valence-electron chi connectivity index (χ0n) is 4.38. The van der Waals surface area contributed by atoms with Gasteiger partial charge in [-0.05, 0) is 0 Å². The molecule has 0 aromatic carbocycles. The Balaban J connectivity index is 3.49. The molecule has 0 aromatic rings. The molecule has 0 unspecified atom stereocenters. The second-order valence-electron chi connectivity index (χ2n) is 0.902. The number of hydrogen-bond acceptors (Lipinski definition) is 2. The van der Waals surface area contributed by atoms with Gasteiger partial charge >= 0.3 is 54.4 Å². The van der Waals surface area contributed by atoms with Gasteiger partial charge in [0, 0.05) is 0 Å². The van der Waals surface area contributed by atoms with Crippen LogP contribution in [0.15, 0.2) is 4.99 Å². The molecule has 4 heteroatoms. The number of rotatable bonds is 1. The molecule has 0 aliphatic rings. The number of hydrogen-bond donors (Lipinski definition) is 0. The average Bonchev–Trinajstić information content (AvgIpc) is 1.68. The fraction of sp³-hybridized carbons (Fsp3) is 0.500. The predicted molar refractivity (Wildman–Crippen MR) is 30.2 cm³/mol. The van der Waals surface area contributed by atoms with Gasteiger partial charge in [-0.1, -0.05) is 0 Å². The van der Waals surface area contributed by atoms with E-state index in [1.54, 1.807) is 6.92 Å². The molecule has 3 nitrogen and oxygen atoms in total. The summed E-state index contributed by atoms with van der Waals surface area (Å²) < 4.78 is 6.57. The summed E-state index contributed by atoms with van der Waals surface area (Å²) in [5.41, 5.74) is 0. The summed E-state index contributed by atoms with van der Waals surface area (Å²) >= 11 is 2.31. The van der Waals surface area contributed by atoms with E-state index >= 15 is 0 Å². The third-order valence-corrected chi connectivity index (χ3v) is 0.596. The van der Waals surface area contributed by atoms with Crippen molar-refractivity contribution in [3.63, 3.8) is 0 Å². The monoisotopic (exact) mass is 179 g/mol. The molecular formula is C4H5NO2Se. The van der Waals surface area contributed by atoms with Crippen LogP contribution < -0.4 is 0 Å². The van der Waals surface area contributed by atoms with E-state index in [9.17, 15) is 4.79 Å². The number of carbonyl (C=O) groups is 1. The minimum absolute atomic E-state index is 0.351. The Bertz CT molecular complexity index is 128. The molecule has 0 aromatic heterocycles. The van der Waals surface area contributed by atoms with Crippen molar-refractivity contribution in [2.75, 3.05) is 6.61 Å². The van der Waals surface area contributed by atoms with Crippen molar-refractivity contribution < 1.29 is 9.53 Å². The van der Waals surface area contributed by atoms with E-state index in [1.807, 2.05) is 0 Å². The van der Waals surface area contributed by atoms with Gasteiger partial charge in [-0.2, -0.15) is 0 Å². The van der Waals surface area contributed by atoms with E-state index in [0.717, 1.165) is 0 Å². The molecule has 8 heavy (non-hydrogen) atoms. The fourth-order valence-corrected chi connectivity index (χ4v) is 0.349. The van der Waals surface area contributed by atoms with Crippen molar-refractivity contribution in [3.05, 3.63) is 0 Å². The first kappa shape index (κ1) is 7.57. The second kappa shape index (κ2) is 4.72. The van der Waals surface area contributed by atoms with Gasteiger partial charge < -0.3 is 0 Å². The van der Waals surface area contributed by atoms with E-state index in [2.05, 4.69) is 30.0 Å². The van der Waals surface area contributed by atoms with Crippen molar-refractivity contribution in [1.82, 2.24) is 0 Å². The van der Waals surface area contributed by atoms with Crippen molar-refractivity contribution in [3.8, 4) is 0 Å². The van der Waals surface area contributed by atoms with Crippen LogP contribution in [0.2, 0.25) is 0 Å². The first-order chi connectivity index (χ1) is 3.81. The fourth-order valence-electron chi connectivity index (χ4n) is 0.193. The van der Waals surface area contributed by atoms with E-state index in [0.29, 0.717) is 6.61 Å². The van der Waals surface area contributed by atoms with Gasteiger partial charge in [0.1, 0.15) is 0 Å². The zero-order valence-corrected chi connectivity index (χ0v) is 6.09. The molecule has 0 radical (unpaired) electrons. The van der Waals surface area contributed by atoms with Crippen LogP contribution in [0.4, 0.5) is 4.79 Å². The second-order valence-corrected chi connectivity index (χ2v) is 1.29. The number of aliphatic imine (C=N–C) groups is 1. The minimum atomic E-state index is -0.605.